The molecular formula is C17H21N3. The summed E-state index contributed by atoms with van der Waals surface area (Å²) >= 11 is 0. The zero-order chi connectivity index (χ0) is 13.4. The van der Waals surface area contributed by atoms with E-state index in [1.807, 2.05) is 12.3 Å². The second kappa shape index (κ2) is 5.15. The zero-order valence-electron chi connectivity index (χ0n) is 11.8. The molecule has 0 spiro atoms. The quantitative estimate of drug-likeness (QED) is 0.925. The smallest absolute Gasteiger partial charge is 0.0702 e. The number of hydrogen-bond donors (Lipinski definition) is 1. The van der Waals surface area contributed by atoms with Crippen LogP contribution in [0.15, 0.2) is 36.5 Å². The van der Waals surface area contributed by atoms with E-state index in [2.05, 4.69) is 39.5 Å². The first-order chi connectivity index (χ1) is 9.88. The molecule has 1 N–H and O–H groups in total. The number of hydrogen-bond acceptors (Lipinski definition) is 3. The minimum absolute atomic E-state index is 0.682. The van der Waals surface area contributed by atoms with Gasteiger partial charge in [-0.15, -0.1) is 0 Å². The summed E-state index contributed by atoms with van der Waals surface area (Å²) < 4.78 is 0. The molecule has 2 bridgehead atoms. The van der Waals surface area contributed by atoms with Crippen molar-refractivity contribution in [2.24, 2.45) is 5.92 Å². The topological polar surface area (TPSA) is 28.2 Å². The van der Waals surface area contributed by atoms with Crippen molar-refractivity contribution in [1.82, 2.24) is 15.2 Å². The van der Waals surface area contributed by atoms with Gasteiger partial charge in [-0.2, -0.15) is 0 Å². The number of nitrogens with one attached hydrogen (secondary N) is 1. The van der Waals surface area contributed by atoms with Gasteiger partial charge in [0.2, 0.25) is 0 Å². The Hall–Kier alpha value is -1.45. The third kappa shape index (κ3) is 2.32. The third-order valence-electron chi connectivity index (χ3n) is 4.89. The van der Waals surface area contributed by atoms with Crippen LogP contribution in [0.1, 0.15) is 18.4 Å². The van der Waals surface area contributed by atoms with Crippen LogP contribution in [0.4, 0.5) is 0 Å². The third-order valence-corrected chi connectivity index (χ3v) is 4.89. The number of pyridine rings is 1. The van der Waals surface area contributed by atoms with Gasteiger partial charge in [0.15, 0.2) is 0 Å². The minimum atomic E-state index is 0.682. The second-order valence-electron chi connectivity index (χ2n) is 6.16. The molecule has 3 fully saturated rings. The van der Waals surface area contributed by atoms with Crippen LogP contribution in [0.25, 0.3) is 10.9 Å². The summed E-state index contributed by atoms with van der Waals surface area (Å²) in [7, 11) is 0. The van der Waals surface area contributed by atoms with Crippen LogP contribution in [0.3, 0.4) is 0 Å². The summed E-state index contributed by atoms with van der Waals surface area (Å²) in [4.78, 5) is 6.98. The summed E-state index contributed by atoms with van der Waals surface area (Å²) in [6.45, 7) is 4.83. The van der Waals surface area contributed by atoms with Crippen LogP contribution in [0.5, 0.6) is 0 Å². The van der Waals surface area contributed by atoms with E-state index in [0.717, 1.165) is 18.0 Å². The van der Waals surface area contributed by atoms with Gasteiger partial charge in [-0.25, -0.2) is 0 Å². The lowest BCUT2D eigenvalue weighted by molar-refractivity contribution is 0.0720. The van der Waals surface area contributed by atoms with Crippen molar-refractivity contribution in [1.29, 1.82) is 0 Å². The molecule has 20 heavy (non-hydrogen) atoms. The molecule has 1 aromatic carbocycles. The van der Waals surface area contributed by atoms with Crippen LogP contribution >= 0.6 is 0 Å². The maximum absolute atomic E-state index is 4.38. The van der Waals surface area contributed by atoms with Crippen molar-refractivity contribution in [3.63, 3.8) is 0 Å². The molecule has 1 unspecified atom stereocenters. The Morgan fingerprint density at radius 1 is 1.20 bits per heavy atom. The molecule has 104 valence electrons. The predicted octanol–water partition coefficient (Wildman–Crippen LogP) is 2.42. The van der Waals surface area contributed by atoms with E-state index in [1.165, 1.54) is 43.4 Å². The fourth-order valence-electron chi connectivity index (χ4n) is 3.68. The van der Waals surface area contributed by atoms with Gasteiger partial charge in [0.1, 0.15) is 0 Å². The van der Waals surface area contributed by atoms with Crippen LogP contribution in [-0.4, -0.2) is 35.6 Å². The summed E-state index contributed by atoms with van der Waals surface area (Å²) in [6.07, 6.45) is 4.60. The monoisotopic (exact) mass is 267 g/mol. The van der Waals surface area contributed by atoms with Crippen molar-refractivity contribution in [2.75, 3.05) is 19.6 Å². The Morgan fingerprint density at radius 2 is 2.10 bits per heavy atom. The van der Waals surface area contributed by atoms with E-state index in [1.54, 1.807) is 0 Å². The Labute approximate surface area is 120 Å². The van der Waals surface area contributed by atoms with Crippen molar-refractivity contribution < 1.29 is 0 Å². The number of nitrogens with zero attached hydrogens (tertiary/aromatic N) is 2. The summed E-state index contributed by atoms with van der Waals surface area (Å²) in [6, 6.07) is 11.4. The molecule has 1 atom stereocenters. The number of fused-ring (bicyclic) bond motifs is 4. The summed E-state index contributed by atoms with van der Waals surface area (Å²) in [5.74, 6) is 0.891. The summed E-state index contributed by atoms with van der Waals surface area (Å²) in [5, 5.41) is 5.01. The van der Waals surface area contributed by atoms with Gasteiger partial charge in [0.05, 0.1) is 5.52 Å². The standard InChI is InChI=1S/C17H21N3/c1-2-15-10-13(3-4-16(15)18-7-1)11-19-17-12-20-8-5-14(17)6-9-20/h1-4,7,10,14,17,19H,5-6,8-9,11-12H2. The first-order valence-corrected chi connectivity index (χ1v) is 7.68. The summed E-state index contributed by atoms with van der Waals surface area (Å²) in [5.41, 5.74) is 2.45. The molecule has 3 aliphatic rings. The van der Waals surface area contributed by atoms with E-state index >= 15 is 0 Å². The van der Waals surface area contributed by atoms with E-state index in [0.29, 0.717) is 6.04 Å². The van der Waals surface area contributed by atoms with E-state index in [9.17, 15) is 0 Å². The normalized spacial score (nSPS) is 28.9. The maximum Gasteiger partial charge on any atom is 0.0702 e. The number of benzene rings is 1. The lowest BCUT2D eigenvalue weighted by atomic mass is 9.84. The Morgan fingerprint density at radius 3 is 2.90 bits per heavy atom. The molecular weight excluding hydrogens is 246 g/mol. The minimum Gasteiger partial charge on any atom is -0.308 e. The lowest BCUT2D eigenvalue weighted by Crippen LogP contribution is -2.55. The van der Waals surface area contributed by atoms with E-state index in [-0.39, 0.29) is 0 Å². The molecule has 2 aromatic rings. The van der Waals surface area contributed by atoms with Crippen LogP contribution in [0, 0.1) is 5.92 Å². The molecule has 0 saturated carbocycles. The average Bonchev–Trinajstić information content (AvgIpc) is 2.54. The fourth-order valence-corrected chi connectivity index (χ4v) is 3.68. The second-order valence-corrected chi connectivity index (χ2v) is 6.16. The predicted molar refractivity (Wildman–Crippen MR) is 81.5 cm³/mol. The number of piperidine rings is 3. The SMILES string of the molecule is c1cnc2ccc(CNC3CN4CCC3CC4)cc2c1. The number of rotatable bonds is 3. The zero-order valence-corrected chi connectivity index (χ0v) is 11.8. The van der Waals surface area contributed by atoms with Crippen LogP contribution < -0.4 is 5.32 Å². The van der Waals surface area contributed by atoms with Crippen LogP contribution in [-0.2, 0) is 6.54 Å². The highest BCUT2D eigenvalue weighted by Crippen LogP contribution is 2.27. The van der Waals surface area contributed by atoms with Crippen molar-refractivity contribution in [3.05, 3.63) is 42.1 Å². The van der Waals surface area contributed by atoms with Crippen molar-refractivity contribution in [2.45, 2.75) is 25.4 Å². The van der Waals surface area contributed by atoms with Gasteiger partial charge in [0, 0.05) is 30.7 Å². The van der Waals surface area contributed by atoms with E-state index < -0.39 is 0 Å². The Bertz CT molecular complexity index is 602. The first-order valence-electron chi connectivity index (χ1n) is 7.68. The highest BCUT2D eigenvalue weighted by molar-refractivity contribution is 5.78. The van der Waals surface area contributed by atoms with Gasteiger partial charge >= 0.3 is 0 Å². The molecule has 3 nitrogen and oxygen atoms in total. The van der Waals surface area contributed by atoms with Gasteiger partial charge in [-0.05, 0) is 55.6 Å². The van der Waals surface area contributed by atoms with Gasteiger partial charge in [0.25, 0.3) is 0 Å². The average molecular weight is 267 g/mol. The van der Waals surface area contributed by atoms with Crippen molar-refractivity contribution in [3.8, 4) is 0 Å². The Kier molecular flexibility index (Phi) is 3.17. The maximum atomic E-state index is 4.38. The highest BCUT2D eigenvalue weighted by Gasteiger charge is 2.33. The van der Waals surface area contributed by atoms with Gasteiger partial charge in [-0.1, -0.05) is 12.1 Å². The lowest BCUT2D eigenvalue weighted by Gasteiger charge is -2.45. The largest absolute Gasteiger partial charge is 0.308 e. The van der Waals surface area contributed by atoms with Crippen LogP contribution in [0.2, 0.25) is 0 Å². The molecule has 0 aliphatic carbocycles. The first kappa shape index (κ1) is 12.3. The van der Waals surface area contributed by atoms with E-state index in [4.69, 9.17) is 0 Å². The molecule has 5 rings (SSSR count). The molecule has 4 heterocycles. The molecule has 0 radical (unpaired) electrons. The molecule has 1 aromatic heterocycles. The number of aromatic nitrogens is 1. The van der Waals surface area contributed by atoms with Crippen molar-refractivity contribution >= 4 is 10.9 Å². The molecule has 0 amide bonds. The Balaban J connectivity index is 1.45. The fraction of sp³-hybridized carbons (Fsp3) is 0.471. The molecule has 3 saturated heterocycles. The molecule has 3 heteroatoms. The van der Waals surface area contributed by atoms with Gasteiger partial charge in [-0.3, -0.25) is 4.98 Å². The molecule has 3 aliphatic heterocycles. The van der Waals surface area contributed by atoms with Gasteiger partial charge < -0.3 is 10.2 Å². The highest BCUT2D eigenvalue weighted by atomic mass is 15.2.